The van der Waals surface area contributed by atoms with Crippen molar-refractivity contribution in [2.45, 2.75) is 77.4 Å². The van der Waals surface area contributed by atoms with E-state index in [0.29, 0.717) is 29.5 Å². The van der Waals surface area contributed by atoms with Crippen LogP contribution >= 0.6 is 0 Å². The lowest BCUT2D eigenvalue weighted by molar-refractivity contribution is -0.171. The fraction of sp³-hybridized carbons (Fsp3) is 0.947. The Kier molecular flexibility index (Phi) is 3.30. The molecule has 124 valence electrons. The molecule has 0 aliphatic heterocycles. The summed E-state index contributed by atoms with van der Waals surface area (Å²) in [6.07, 6.45) is 7.03. The van der Waals surface area contributed by atoms with Crippen LogP contribution in [0.15, 0.2) is 0 Å². The second-order valence-corrected chi connectivity index (χ2v) is 9.14. The van der Waals surface area contributed by atoms with Gasteiger partial charge in [0.15, 0.2) is 0 Å². The first-order valence-corrected chi connectivity index (χ1v) is 9.25. The molecule has 4 saturated carbocycles. The van der Waals surface area contributed by atoms with Crippen molar-refractivity contribution >= 4 is 5.78 Å². The summed E-state index contributed by atoms with van der Waals surface area (Å²) in [5.41, 5.74) is 0.0929. The Morgan fingerprint density at radius 3 is 2.55 bits per heavy atom. The van der Waals surface area contributed by atoms with E-state index < -0.39 is 0 Å². The van der Waals surface area contributed by atoms with Gasteiger partial charge in [-0.2, -0.15) is 0 Å². The second kappa shape index (κ2) is 4.80. The van der Waals surface area contributed by atoms with Crippen LogP contribution in [0.5, 0.6) is 0 Å². The molecular weight excluding hydrogens is 276 g/mol. The van der Waals surface area contributed by atoms with E-state index in [1.54, 1.807) is 0 Å². The van der Waals surface area contributed by atoms with Crippen molar-refractivity contribution in [2.24, 2.45) is 34.5 Å². The monoisotopic (exact) mass is 306 g/mol. The maximum atomic E-state index is 12.4. The zero-order chi connectivity index (χ0) is 15.7. The molecule has 2 N–H and O–H groups in total. The van der Waals surface area contributed by atoms with Gasteiger partial charge < -0.3 is 10.2 Å². The van der Waals surface area contributed by atoms with Gasteiger partial charge in [-0.25, -0.2) is 0 Å². The molecule has 0 radical (unpaired) electrons. The van der Waals surface area contributed by atoms with E-state index in [4.69, 9.17) is 0 Å². The predicted molar refractivity (Wildman–Crippen MR) is 84.1 cm³/mol. The van der Waals surface area contributed by atoms with Gasteiger partial charge >= 0.3 is 0 Å². The smallest absolute Gasteiger partial charge is 0.139 e. The quantitative estimate of drug-likeness (QED) is 0.723. The van der Waals surface area contributed by atoms with Gasteiger partial charge in [0.05, 0.1) is 12.2 Å². The van der Waals surface area contributed by atoms with E-state index in [0.717, 1.165) is 51.4 Å². The average Bonchev–Trinajstić information content (AvgIpc) is 2.77. The Hall–Kier alpha value is -0.410. The first-order valence-electron chi connectivity index (χ1n) is 9.25. The highest BCUT2D eigenvalue weighted by Crippen LogP contribution is 2.65. The number of aliphatic hydroxyl groups is 2. The molecule has 3 heteroatoms. The van der Waals surface area contributed by atoms with Crippen molar-refractivity contribution in [1.82, 2.24) is 0 Å². The molecule has 4 aliphatic rings. The van der Waals surface area contributed by atoms with Gasteiger partial charge in [-0.05, 0) is 74.0 Å². The number of rotatable bonds is 0. The molecule has 0 spiro atoms. The van der Waals surface area contributed by atoms with E-state index in [-0.39, 0.29) is 23.0 Å². The summed E-state index contributed by atoms with van der Waals surface area (Å²) < 4.78 is 0. The van der Waals surface area contributed by atoms with Gasteiger partial charge in [0.25, 0.3) is 0 Å². The number of hydrogen-bond acceptors (Lipinski definition) is 3. The van der Waals surface area contributed by atoms with E-state index in [1.165, 1.54) is 0 Å². The van der Waals surface area contributed by atoms with Crippen LogP contribution in [0.25, 0.3) is 0 Å². The van der Waals surface area contributed by atoms with Crippen molar-refractivity contribution in [3.8, 4) is 0 Å². The fourth-order valence-electron chi connectivity index (χ4n) is 6.97. The number of hydrogen-bond donors (Lipinski definition) is 2. The summed E-state index contributed by atoms with van der Waals surface area (Å²) in [5, 5.41) is 20.9. The Bertz CT molecular complexity index is 489. The van der Waals surface area contributed by atoms with Crippen molar-refractivity contribution in [3.05, 3.63) is 0 Å². The number of carbonyl (C=O) groups is 1. The summed E-state index contributed by atoms with van der Waals surface area (Å²) in [5.74, 6) is 2.13. The molecule has 4 aliphatic carbocycles. The molecule has 8 unspecified atom stereocenters. The van der Waals surface area contributed by atoms with Crippen molar-refractivity contribution < 1.29 is 15.0 Å². The lowest BCUT2D eigenvalue weighted by Gasteiger charge is -2.61. The third kappa shape index (κ3) is 1.84. The lowest BCUT2D eigenvalue weighted by atomic mass is 9.44. The molecule has 0 saturated heterocycles. The van der Waals surface area contributed by atoms with Gasteiger partial charge in [0.1, 0.15) is 5.78 Å². The summed E-state index contributed by atoms with van der Waals surface area (Å²) >= 11 is 0. The first kappa shape index (κ1) is 15.1. The minimum Gasteiger partial charge on any atom is -0.393 e. The number of fused-ring (bicyclic) bond motifs is 5. The minimum atomic E-state index is -0.274. The topological polar surface area (TPSA) is 57.5 Å². The summed E-state index contributed by atoms with van der Waals surface area (Å²) in [6.45, 7) is 4.57. The normalized spacial score (nSPS) is 57.9. The number of ketones is 1. The van der Waals surface area contributed by atoms with E-state index >= 15 is 0 Å². The molecule has 22 heavy (non-hydrogen) atoms. The van der Waals surface area contributed by atoms with E-state index in [1.807, 2.05) is 0 Å². The van der Waals surface area contributed by atoms with Crippen LogP contribution in [0.1, 0.15) is 65.2 Å². The van der Waals surface area contributed by atoms with Crippen molar-refractivity contribution in [3.63, 3.8) is 0 Å². The van der Waals surface area contributed by atoms with Crippen LogP contribution in [0.3, 0.4) is 0 Å². The molecule has 0 aromatic rings. The molecule has 4 rings (SSSR count). The SMILES string of the molecule is CC12CCC3C(C(O)CC4CC(O)CCC43C)C1CCC2=O. The first-order chi connectivity index (χ1) is 10.4. The van der Waals surface area contributed by atoms with Crippen LogP contribution in [-0.2, 0) is 4.79 Å². The van der Waals surface area contributed by atoms with E-state index in [9.17, 15) is 15.0 Å². The Labute approximate surface area is 133 Å². The maximum absolute atomic E-state index is 12.4. The number of carbonyl (C=O) groups excluding carboxylic acids is 1. The minimum absolute atomic E-state index is 0.167. The highest BCUT2D eigenvalue weighted by molar-refractivity contribution is 5.87. The van der Waals surface area contributed by atoms with Crippen LogP contribution in [0.4, 0.5) is 0 Å². The highest BCUT2D eigenvalue weighted by Gasteiger charge is 2.62. The van der Waals surface area contributed by atoms with Gasteiger partial charge in [-0.3, -0.25) is 4.79 Å². The molecule has 0 aromatic heterocycles. The average molecular weight is 306 g/mol. The maximum Gasteiger partial charge on any atom is 0.139 e. The Morgan fingerprint density at radius 1 is 1.00 bits per heavy atom. The molecule has 0 heterocycles. The lowest BCUT2D eigenvalue weighted by Crippen LogP contribution is -2.58. The molecule has 8 atom stereocenters. The largest absolute Gasteiger partial charge is 0.393 e. The van der Waals surface area contributed by atoms with Gasteiger partial charge in [0.2, 0.25) is 0 Å². The van der Waals surface area contributed by atoms with Gasteiger partial charge in [-0.1, -0.05) is 13.8 Å². The number of aliphatic hydroxyl groups excluding tert-OH is 2. The third-order valence-corrected chi connectivity index (χ3v) is 8.36. The van der Waals surface area contributed by atoms with Crippen LogP contribution < -0.4 is 0 Å². The van der Waals surface area contributed by atoms with E-state index in [2.05, 4.69) is 13.8 Å². The van der Waals surface area contributed by atoms with Crippen LogP contribution in [-0.4, -0.2) is 28.2 Å². The summed E-state index contributed by atoms with van der Waals surface area (Å²) in [4.78, 5) is 12.4. The Balaban J connectivity index is 1.69. The highest BCUT2D eigenvalue weighted by atomic mass is 16.3. The predicted octanol–water partition coefficient (Wildman–Crippen LogP) is 2.93. The van der Waals surface area contributed by atoms with Crippen molar-refractivity contribution in [1.29, 1.82) is 0 Å². The zero-order valence-electron chi connectivity index (χ0n) is 13.9. The van der Waals surface area contributed by atoms with Crippen molar-refractivity contribution in [2.75, 3.05) is 0 Å². The fourth-order valence-corrected chi connectivity index (χ4v) is 6.97. The second-order valence-electron chi connectivity index (χ2n) is 9.14. The standard InChI is InChI=1S/C19H30O3/c1-18-7-5-12(20)9-11(18)10-15(21)17-13-3-4-16(22)19(13,2)8-6-14(17)18/h11-15,17,20-21H,3-10H2,1-2H3. The van der Waals surface area contributed by atoms with Gasteiger partial charge in [0, 0.05) is 11.8 Å². The Morgan fingerprint density at radius 2 is 1.77 bits per heavy atom. The molecular formula is C19H30O3. The van der Waals surface area contributed by atoms with Gasteiger partial charge in [-0.15, -0.1) is 0 Å². The third-order valence-electron chi connectivity index (χ3n) is 8.36. The molecule has 4 fully saturated rings. The zero-order valence-corrected chi connectivity index (χ0v) is 13.9. The van der Waals surface area contributed by atoms with Crippen LogP contribution in [0, 0.1) is 34.5 Å². The molecule has 0 aromatic carbocycles. The summed E-state index contributed by atoms with van der Waals surface area (Å²) in [7, 11) is 0. The molecule has 0 bridgehead atoms. The number of Topliss-reactive ketones (excluding diaryl/α,β-unsaturated/α-hetero) is 1. The molecule has 0 amide bonds. The van der Waals surface area contributed by atoms with Crippen LogP contribution in [0.2, 0.25) is 0 Å². The summed E-state index contributed by atoms with van der Waals surface area (Å²) in [6, 6.07) is 0. The molecule has 3 nitrogen and oxygen atoms in total.